The van der Waals surface area contributed by atoms with Crippen molar-refractivity contribution in [3.8, 4) is 0 Å². The first-order valence-electron chi connectivity index (χ1n) is 8.18. The summed E-state index contributed by atoms with van der Waals surface area (Å²) in [5.41, 5.74) is -3.36. The van der Waals surface area contributed by atoms with E-state index in [0.717, 1.165) is 0 Å². The summed E-state index contributed by atoms with van der Waals surface area (Å²) in [7, 11) is -3.70. The van der Waals surface area contributed by atoms with E-state index in [-0.39, 0.29) is 5.04 Å². The Kier molecular flexibility index (Phi) is 6.14. The van der Waals surface area contributed by atoms with E-state index in [4.69, 9.17) is 13.7 Å². The molecule has 1 aliphatic heterocycles. The van der Waals surface area contributed by atoms with Gasteiger partial charge >= 0.3 is 7.12 Å². The van der Waals surface area contributed by atoms with Crippen molar-refractivity contribution in [1.29, 1.82) is 0 Å². The number of hydrogen-bond donors (Lipinski definition) is 0. The normalized spacial score (nSPS) is 22.1. The van der Waals surface area contributed by atoms with Gasteiger partial charge in [0.25, 0.3) is 6.43 Å². The summed E-state index contributed by atoms with van der Waals surface area (Å²) in [5, 5.41) is -0.152. The SMILES string of the molecule is CC1(C)OB(C(F)=C(CO[Si](C)(C)C(C)(C)C)C(F)F)OC1(C)C. The highest BCUT2D eigenvalue weighted by Gasteiger charge is 2.54. The predicted molar refractivity (Wildman–Crippen MR) is 93.4 cm³/mol. The molecule has 0 radical (unpaired) electrons. The first-order valence-corrected chi connectivity index (χ1v) is 11.1. The monoisotopic (exact) mass is 366 g/mol. The maximum absolute atomic E-state index is 14.7. The van der Waals surface area contributed by atoms with Crippen LogP contribution in [0.3, 0.4) is 0 Å². The van der Waals surface area contributed by atoms with Crippen LogP contribution in [0.1, 0.15) is 48.5 Å². The van der Waals surface area contributed by atoms with Gasteiger partial charge in [-0.2, -0.15) is 0 Å². The molecule has 0 unspecified atom stereocenters. The maximum Gasteiger partial charge on any atom is 0.525 e. The Morgan fingerprint density at radius 3 is 1.83 bits per heavy atom. The molecule has 3 nitrogen and oxygen atoms in total. The highest BCUT2D eigenvalue weighted by molar-refractivity contribution is 6.74. The number of halogens is 3. The molecule has 0 saturated carbocycles. The van der Waals surface area contributed by atoms with Crippen molar-refractivity contribution < 1.29 is 26.9 Å². The molecule has 8 heteroatoms. The Morgan fingerprint density at radius 1 is 1.08 bits per heavy atom. The van der Waals surface area contributed by atoms with E-state index < -0.39 is 51.0 Å². The van der Waals surface area contributed by atoms with Crippen LogP contribution in [0.4, 0.5) is 13.2 Å². The maximum atomic E-state index is 14.7. The Labute approximate surface area is 145 Å². The summed E-state index contributed by atoms with van der Waals surface area (Å²) in [6, 6.07) is 0. The summed E-state index contributed by atoms with van der Waals surface area (Å²) < 4.78 is 58.2. The van der Waals surface area contributed by atoms with Gasteiger partial charge in [-0.3, -0.25) is 0 Å². The zero-order valence-corrected chi connectivity index (χ0v) is 17.2. The summed E-state index contributed by atoms with van der Waals surface area (Å²) >= 11 is 0. The second kappa shape index (κ2) is 6.78. The van der Waals surface area contributed by atoms with Crippen molar-refractivity contribution in [2.45, 2.75) is 84.2 Å². The fourth-order valence-corrected chi connectivity index (χ4v) is 2.76. The highest BCUT2D eigenvalue weighted by Crippen LogP contribution is 2.40. The van der Waals surface area contributed by atoms with Crippen molar-refractivity contribution in [3.05, 3.63) is 11.3 Å². The predicted octanol–water partition coefficient (Wildman–Crippen LogP) is 5.13. The molecule has 0 atom stereocenters. The zero-order chi connectivity index (χ0) is 19.1. The Morgan fingerprint density at radius 2 is 1.50 bits per heavy atom. The van der Waals surface area contributed by atoms with Gasteiger partial charge in [0, 0.05) is 5.57 Å². The van der Waals surface area contributed by atoms with E-state index in [1.807, 2.05) is 33.9 Å². The summed E-state index contributed by atoms with van der Waals surface area (Å²) in [4.78, 5) is 0. The second-order valence-corrected chi connectivity index (χ2v) is 13.6. The van der Waals surface area contributed by atoms with Gasteiger partial charge in [-0.1, -0.05) is 20.8 Å². The highest BCUT2D eigenvalue weighted by atomic mass is 28.4. The molecule has 1 heterocycles. The first kappa shape index (κ1) is 21.7. The lowest BCUT2D eigenvalue weighted by molar-refractivity contribution is 0.00578. The molecule has 0 aromatic heterocycles. The lowest BCUT2D eigenvalue weighted by Gasteiger charge is -2.36. The molecule has 0 spiro atoms. The van der Waals surface area contributed by atoms with Crippen LogP contribution in [0, 0.1) is 0 Å². The molecule has 1 saturated heterocycles. The molecule has 1 rings (SSSR count). The minimum Gasteiger partial charge on any atom is -0.413 e. The summed E-state index contributed by atoms with van der Waals surface area (Å²) in [6.07, 6.45) is -2.96. The number of hydrogen-bond acceptors (Lipinski definition) is 3. The fraction of sp³-hybridized carbons (Fsp3) is 0.875. The lowest BCUT2D eigenvalue weighted by atomic mass is 9.85. The van der Waals surface area contributed by atoms with Gasteiger partial charge in [0.2, 0.25) is 0 Å². The molecular weight excluding hydrogens is 336 g/mol. The van der Waals surface area contributed by atoms with Crippen LogP contribution < -0.4 is 0 Å². The molecule has 1 aliphatic rings. The van der Waals surface area contributed by atoms with E-state index in [9.17, 15) is 13.2 Å². The summed E-state index contributed by atoms with van der Waals surface area (Å²) in [6.45, 7) is 16.4. The summed E-state index contributed by atoms with van der Waals surface area (Å²) in [5.74, 6) is 0. The van der Waals surface area contributed by atoms with Crippen LogP contribution in [0.15, 0.2) is 11.3 Å². The average molecular weight is 366 g/mol. The minimum absolute atomic E-state index is 0.152. The molecule has 0 amide bonds. The smallest absolute Gasteiger partial charge is 0.413 e. The van der Waals surface area contributed by atoms with E-state index in [0.29, 0.717) is 0 Å². The lowest BCUT2D eigenvalue weighted by Crippen LogP contribution is -2.41. The Balaban J connectivity index is 3.01. The standard InChI is InChI=1S/C16H30BF3O3Si/c1-14(2,3)24(8,9)21-10-11(13(19)20)12(18)17-22-15(4,5)16(6,7)23-17/h13H,10H2,1-9H3. The van der Waals surface area contributed by atoms with Crippen LogP contribution in [0.5, 0.6) is 0 Å². The average Bonchev–Trinajstić information content (AvgIpc) is 2.56. The van der Waals surface area contributed by atoms with Gasteiger partial charge in [0.05, 0.1) is 17.8 Å². The van der Waals surface area contributed by atoms with Crippen molar-refractivity contribution in [2.75, 3.05) is 6.61 Å². The molecule has 0 aromatic rings. The molecule has 0 bridgehead atoms. The Hall–Kier alpha value is -0.308. The molecule has 0 N–H and O–H groups in total. The fourth-order valence-electron chi connectivity index (χ4n) is 1.81. The van der Waals surface area contributed by atoms with Gasteiger partial charge in [-0.05, 0) is 45.8 Å². The third-order valence-corrected chi connectivity index (χ3v) is 9.90. The van der Waals surface area contributed by atoms with Gasteiger partial charge in [-0.25, -0.2) is 13.2 Å². The van der Waals surface area contributed by atoms with Crippen LogP contribution >= 0.6 is 0 Å². The van der Waals surface area contributed by atoms with Crippen LogP contribution in [0.25, 0.3) is 0 Å². The van der Waals surface area contributed by atoms with Gasteiger partial charge in [-0.15, -0.1) is 0 Å². The topological polar surface area (TPSA) is 27.7 Å². The van der Waals surface area contributed by atoms with Crippen LogP contribution in [-0.4, -0.2) is 39.7 Å². The molecule has 1 fully saturated rings. The largest absolute Gasteiger partial charge is 0.525 e. The van der Waals surface area contributed by atoms with Gasteiger partial charge < -0.3 is 13.7 Å². The molecule has 0 aliphatic carbocycles. The van der Waals surface area contributed by atoms with Gasteiger partial charge in [0.1, 0.15) is 5.73 Å². The molecule has 0 aromatic carbocycles. The minimum atomic E-state index is -2.96. The first-order chi connectivity index (χ1) is 10.5. The number of rotatable bonds is 5. The van der Waals surface area contributed by atoms with E-state index in [2.05, 4.69) is 0 Å². The van der Waals surface area contributed by atoms with Crippen molar-refractivity contribution >= 4 is 15.4 Å². The van der Waals surface area contributed by atoms with E-state index in [1.54, 1.807) is 27.7 Å². The van der Waals surface area contributed by atoms with Crippen molar-refractivity contribution in [3.63, 3.8) is 0 Å². The number of alkyl halides is 2. The molecule has 140 valence electrons. The van der Waals surface area contributed by atoms with Gasteiger partial charge in [0.15, 0.2) is 8.32 Å². The van der Waals surface area contributed by atoms with Crippen molar-refractivity contribution in [1.82, 2.24) is 0 Å². The van der Waals surface area contributed by atoms with E-state index >= 15 is 0 Å². The molecule has 24 heavy (non-hydrogen) atoms. The second-order valence-electron chi connectivity index (χ2n) is 8.81. The third-order valence-electron chi connectivity index (χ3n) is 5.43. The Bertz CT molecular complexity index is 483. The van der Waals surface area contributed by atoms with Crippen LogP contribution in [0.2, 0.25) is 18.1 Å². The zero-order valence-electron chi connectivity index (χ0n) is 16.2. The third kappa shape index (κ3) is 4.45. The quantitative estimate of drug-likeness (QED) is 0.632. The van der Waals surface area contributed by atoms with Crippen molar-refractivity contribution in [2.24, 2.45) is 0 Å². The molecular formula is C16H30BF3O3Si. The van der Waals surface area contributed by atoms with E-state index in [1.165, 1.54) is 0 Å². The van der Waals surface area contributed by atoms with Crippen LogP contribution in [-0.2, 0) is 13.7 Å².